The fraction of sp³-hybridized carbons (Fsp3) is 0.483. The molecule has 9 nitrogen and oxygen atoms in total. The van der Waals surface area contributed by atoms with Crippen molar-refractivity contribution in [3.05, 3.63) is 71.3 Å². The van der Waals surface area contributed by atoms with Gasteiger partial charge in [0.25, 0.3) is 5.91 Å². The lowest BCUT2D eigenvalue weighted by Gasteiger charge is -2.19. The third-order valence-electron chi connectivity index (χ3n) is 6.56. The Balaban J connectivity index is 1.28. The van der Waals surface area contributed by atoms with Crippen LogP contribution in [0.15, 0.2) is 54.6 Å². The van der Waals surface area contributed by atoms with Crippen LogP contribution in [0, 0.1) is 0 Å². The summed E-state index contributed by atoms with van der Waals surface area (Å²) in [6.07, 6.45) is 2.92. The SMILES string of the molecule is NC(CSSCC(N)C(=O)NCc1cccc(C(=O)NCCCCC(N)C(=O)N2CCSC2)c1)Cc1ccccc1. The molecule has 0 bridgehead atoms. The Morgan fingerprint density at radius 2 is 1.66 bits per heavy atom. The zero-order valence-corrected chi connectivity index (χ0v) is 25.8. The molecule has 1 heterocycles. The average Bonchev–Trinajstić information content (AvgIpc) is 3.53. The Labute approximate surface area is 255 Å². The molecule has 12 heteroatoms. The van der Waals surface area contributed by atoms with Crippen molar-refractivity contribution < 1.29 is 14.4 Å². The zero-order chi connectivity index (χ0) is 29.5. The summed E-state index contributed by atoms with van der Waals surface area (Å²) in [5.74, 6) is 2.55. The highest BCUT2D eigenvalue weighted by Gasteiger charge is 2.23. The highest BCUT2D eigenvalue weighted by atomic mass is 33.1. The summed E-state index contributed by atoms with van der Waals surface area (Å²) >= 11 is 1.74. The fourth-order valence-electron chi connectivity index (χ4n) is 4.19. The van der Waals surface area contributed by atoms with Crippen molar-refractivity contribution >= 4 is 51.1 Å². The molecule has 0 saturated carbocycles. The minimum absolute atomic E-state index is 0.0146. The molecule has 2 aromatic rings. The van der Waals surface area contributed by atoms with Crippen LogP contribution in [0.5, 0.6) is 0 Å². The first-order valence-electron chi connectivity index (χ1n) is 13.9. The number of amides is 3. The summed E-state index contributed by atoms with van der Waals surface area (Å²) in [6.45, 7) is 1.56. The van der Waals surface area contributed by atoms with E-state index in [1.165, 1.54) is 5.56 Å². The van der Waals surface area contributed by atoms with E-state index in [0.29, 0.717) is 24.3 Å². The normalized spacial score (nSPS) is 15.2. The van der Waals surface area contributed by atoms with Gasteiger partial charge in [-0.3, -0.25) is 14.4 Å². The Morgan fingerprint density at radius 3 is 2.41 bits per heavy atom. The first-order chi connectivity index (χ1) is 19.8. The van der Waals surface area contributed by atoms with Gasteiger partial charge in [-0.15, -0.1) is 11.8 Å². The van der Waals surface area contributed by atoms with Crippen LogP contribution >= 0.6 is 33.3 Å². The maximum absolute atomic E-state index is 12.6. The van der Waals surface area contributed by atoms with E-state index in [0.717, 1.165) is 48.8 Å². The molecule has 1 aliphatic rings. The number of benzene rings is 2. The average molecular weight is 619 g/mol. The summed E-state index contributed by atoms with van der Waals surface area (Å²) in [5.41, 5.74) is 20.9. The number of hydrogen-bond acceptors (Lipinski definition) is 9. The molecule has 3 amide bonds. The largest absolute Gasteiger partial charge is 0.352 e. The predicted molar refractivity (Wildman–Crippen MR) is 172 cm³/mol. The molecule has 3 atom stereocenters. The third-order valence-corrected chi connectivity index (χ3v) is 10.1. The molecule has 0 aromatic heterocycles. The second-order valence-electron chi connectivity index (χ2n) is 10.0. The van der Waals surface area contributed by atoms with Gasteiger partial charge >= 0.3 is 0 Å². The van der Waals surface area contributed by atoms with Crippen LogP contribution in [0.2, 0.25) is 0 Å². The fourth-order valence-corrected chi connectivity index (χ4v) is 7.47. The Morgan fingerprint density at radius 1 is 0.902 bits per heavy atom. The van der Waals surface area contributed by atoms with Gasteiger partial charge in [-0.25, -0.2) is 0 Å². The monoisotopic (exact) mass is 618 g/mol. The van der Waals surface area contributed by atoms with Crippen LogP contribution < -0.4 is 27.8 Å². The van der Waals surface area contributed by atoms with Gasteiger partial charge in [-0.2, -0.15) is 0 Å². The summed E-state index contributed by atoms with van der Waals surface area (Å²) in [4.78, 5) is 39.2. The first kappa shape index (κ1) is 33.3. The number of hydrogen-bond donors (Lipinski definition) is 5. The molecule has 224 valence electrons. The molecular formula is C29H42N6O3S3. The molecule has 0 aliphatic carbocycles. The van der Waals surface area contributed by atoms with E-state index < -0.39 is 12.1 Å². The van der Waals surface area contributed by atoms with Crippen LogP contribution in [0.4, 0.5) is 0 Å². The number of nitrogens with zero attached hydrogens (tertiary/aromatic N) is 1. The van der Waals surface area contributed by atoms with Crippen molar-refractivity contribution in [1.82, 2.24) is 15.5 Å². The Bertz CT molecular complexity index is 1100. The second-order valence-corrected chi connectivity index (χ2v) is 13.7. The zero-order valence-electron chi connectivity index (χ0n) is 23.3. The summed E-state index contributed by atoms with van der Waals surface area (Å²) in [7, 11) is 3.17. The van der Waals surface area contributed by atoms with E-state index in [2.05, 4.69) is 22.8 Å². The van der Waals surface area contributed by atoms with Crippen molar-refractivity contribution in [2.75, 3.05) is 36.2 Å². The lowest BCUT2D eigenvalue weighted by molar-refractivity contribution is -0.131. The van der Waals surface area contributed by atoms with Crippen LogP contribution in [0.3, 0.4) is 0 Å². The number of nitrogens with two attached hydrogens (primary N) is 3. The van der Waals surface area contributed by atoms with Gasteiger partial charge < -0.3 is 32.7 Å². The smallest absolute Gasteiger partial charge is 0.251 e. The highest BCUT2D eigenvalue weighted by molar-refractivity contribution is 8.76. The lowest BCUT2D eigenvalue weighted by atomic mass is 10.1. The number of nitrogens with one attached hydrogen (secondary N) is 2. The number of unbranched alkanes of at least 4 members (excludes halogenated alkanes) is 1. The molecule has 2 aromatic carbocycles. The Kier molecular flexibility index (Phi) is 14.9. The van der Waals surface area contributed by atoms with E-state index >= 15 is 0 Å². The number of thioether (sulfide) groups is 1. The third kappa shape index (κ3) is 12.3. The van der Waals surface area contributed by atoms with E-state index in [9.17, 15) is 14.4 Å². The van der Waals surface area contributed by atoms with E-state index in [4.69, 9.17) is 17.2 Å². The van der Waals surface area contributed by atoms with E-state index in [-0.39, 0.29) is 30.3 Å². The molecule has 41 heavy (non-hydrogen) atoms. The van der Waals surface area contributed by atoms with Crippen molar-refractivity contribution in [2.24, 2.45) is 17.2 Å². The second kappa shape index (κ2) is 18.3. The van der Waals surface area contributed by atoms with Gasteiger partial charge in [-0.1, -0.05) is 64.1 Å². The number of carbonyl (C=O) groups excluding carboxylic acids is 3. The molecule has 3 unspecified atom stereocenters. The van der Waals surface area contributed by atoms with Crippen molar-refractivity contribution in [2.45, 2.75) is 50.4 Å². The lowest BCUT2D eigenvalue weighted by Crippen LogP contribution is -2.42. The minimum Gasteiger partial charge on any atom is -0.352 e. The van der Waals surface area contributed by atoms with Gasteiger partial charge in [0.1, 0.15) is 0 Å². The highest BCUT2D eigenvalue weighted by Crippen LogP contribution is 2.23. The molecule has 0 radical (unpaired) electrons. The van der Waals surface area contributed by atoms with Gasteiger partial charge in [0.05, 0.1) is 18.0 Å². The van der Waals surface area contributed by atoms with Crippen molar-refractivity contribution in [1.29, 1.82) is 0 Å². The van der Waals surface area contributed by atoms with Crippen LogP contribution in [-0.2, 0) is 22.6 Å². The summed E-state index contributed by atoms with van der Waals surface area (Å²) < 4.78 is 0. The standard InChI is InChI=1S/C29H42N6O3S3/c30-24(16-21-7-2-1-3-8-21)18-40-41-19-26(32)28(37)34-17-22-9-6-10-23(15-22)27(36)33-12-5-4-11-25(31)29(38)35-13-14-39-20-35/h1-3,6-10,15,24-26H,4-5,11-14,16-20,30-32H2,(H,33,36)(H,34,37). The van der Waals surface area contributed by atoms with Gasteiger partial charge in [0, 0.05) is 48.5 Å². The van der Waals surface area contributed by atoms with E-state index in [1.807, 2.05) is 29.2 Å². The van der Waals surface area contributed by atoms with Gasteiger partial charge in [-0.05, 0) is 48.9 Å². The molecule has 3 rings (SSSR count). The van der Waals surface area contributed by atoms with Gasteiger partial charge in [0.15, 0.2) is 0 Å². The van der Waals surface area contributed by atoms with Gasteiger partial charge in [0.2, 0.25) is 11.8 Å². The minimum atomic E-state index is -0.637. The van der Waals surface area contributed by atoms with Crippen LogP contribution in [-0.4, -0.2) is 77.0 Å². The molecule has 1 fully saturated rings. The topological polar surface area (TPSA) is 157 Å². The predicted octanol–water partition coefficient (Wildman–Crippen LogP) is 2.34. The Hall–Kier alpha value is -2.22. The number of carbonyl (C=O) groups is 3. The quantitative estimate of drug-likeness (QED) is 0.133. The van der Waals surface area contributed by atoms with E-state index in [1.54, 1.807) is 51.5 Å². The maximum atomic E-state index is 12.6. The van der Waals surface area contributed by atoms with Crippen LogP contribution in [0.25, 0.3) is 0 Å². The van der Waals surface area contributed by atoms with Crippen molar-refractivity contribution in [3.8, 4) is 0 Å². The number of rotatable bonds is 17. The molecule has 0 spiro atoms. The van der Waals surface area contributed by atoms with Crippen molar-refractivity contribution in [3.63, 3.8) is 0 Å². The summed E-state index contributed by atoms with van der Waals surface area (Å²) in [5, 5.41) is 5.78. The molecule has 1 aliphatic heterocycles. The maximum Gasteiger partial charge on any atom is 0.251 e. The summed E-state index contributed by atoms with van der Waals surface area (Å²) in [6, 6.07) is 16.2. The first-order valence-corrected chi connectivity index (χ1v) is 17.5. The molecule has 8 N–H and O–H groups in total. The molecular weight excluding hydrogens is 577 g/mol. The van der Waals surface area contributed by atoms with Crippen LogP contribution in [0.1, 0.15) is 40.7 Å². The molecule has 1 saturated heterocycles.